The molecule has 0 bridgehead atoms. The molecule has 0 radical (unpaired) electrons. The van der Waals surface area contributed by atoms with Crippen LogP contribution in [0, 0.1) is 0 Å². The van der Waals surface area contributed by atoms with E-state index >= 15 is 0 Å². The second kappa shape index (κ2) is 6.16. The highest BCUT2D eigenvalue weighted by Crippen LogP contribution is 2.13. The van der Waals surface area contributed by atoms with E-state index in [1.54, 1.807) is 32.5 Å². The Hall–Kier alpha value is -1.40. The molecule has 1 N–H and O–H groups in total. The average Bonchev–Trinajstić information content (AvgIpc) is 2.58. The van der Waals surface area contributed by atoms with Gasteiger partial charge in [-0.2, -0.15) is 5.10 Å². The molecule has 1 rings (SSSR count). The number of hydrogen-bond donors (Lipinski definition) is 1. The third kappa shape index (κ3) is 4.65. The van der Waals surface area contributed by atoms with Crippen molar-refractivity contribution < 1.29 is 14.6 Å². The van der Waals surface area contributed by atoms with Crippen molar-refractivity contribution in [3.63, 3.8) is 0 Å². The first-order chi connectivity index (χ1) is 8.74. The summed E-state index contributed by atoms with van der Waals surface area (Å²) in [6, 6.07) is 0. The number of likely N-dealkylation sites (N-methyl/N-ethyl adjacent to an activating group) is 1. The molecule has 6 heteroatoms. The number of aryl methyl sites for hydroxylation is 1. The molecule has 0 aliphatic heterocycles. The Morgan fingerprint density at radius 2 is 2.21 bits per heavy atom. The maximum Gasteiger partial charge on any atom is 0.341 e. The van der Waals surface area contributed by atoms with Gasteiger partial charge >= 0.3 is 5.97 Å². The Morgan fingerprint density at radius 3 is 2.74 bits per heavy atom. The number of aliphatic hydroxyl groups is 1. The second-order valence-electron chi connectivity index (χ2n) is 5.33. The maximum absolute atomic E-state index is 11.8. The molecule has 0 unspecified atom stereocenters. The summed E-state index contributed by atoms with van der Waals surface area (Å²) in [4.78, 5) is 13.7. The average molecular weight is 269 g/mol. The minimum absolute atomic E-state index is 0.340. The van der Waals surface area contributed by atoms with Crippen LogP contribution in [0.25, 0.3) is 0 Å². The van der Waals surface area contributed by atoms with Gasteiger partial charge < -0.3 is 9.84 Å². The SMILES string of the molecule is CCOC(=O)c1cnn(C)c1CN(C)CC(C)(C)O. The molecule has 0 atom stereocenters. The Kier molecular flexibility index (Phi) is 5.08. The van der Waals surface area contributed by atoms with E-state index in [2.05, 4.69) is 5.10 Å². The van der Waals surface area contributed by atoms with Crippen LogP contribution in [0.5, 0.6) is 0 Å². The molecule has 0 aliphatic carbocycles. The monoisotopic (exact) mass is 269 g/mol. The number of rotatable bonds is 6. The highest BCUT2D eigenvalue weighted by molar-refractivity contribution is 5.90. The molecular formula is C13H23N3O3. The van der Waals surface area contributed by atoms with Crippen molar-refractivity contribution in [3.8, 4) is 0 Å². The number of ether oxygens (including phenoxy) is 1. The molecule has 0 spiro atoms. The summed E-state index contributed by atoms with van der Waals surface area (Å²) in [5, 5.41) is 13.9. The van der Waals surface area contributed by atoms with Crippen molar-refractivity contribution in [2.24, 2.45) is 7.05 Å². The highest BCUT2D eigenvalue weighted by atomic mass is 16.5. The van der Waals surface area contributed by atoms with E-state index in [-0.39, 0.29) is 5.97 Å². The smallest absolute Gasteiger partial charge is 0.341 e. The van der Waals surface area contributed by atoms with Crippen molar-refractivity contribution in [1.29, 1.82) is 0 Å². The maximum atomic E-state index is 11.8. The van der Waals surface area contributed by atoms with E-state index in [1.165, 1.54) is 6.20 Å². The number of hydrogen-bond acceptors (Lipinski definition) is 5. The third-order valence-electron chi connectivity index (χ3n) is 2.63. The second-order valence-corrected chi connectivity index (χ2v) is 5.33. The zero-order valence-electron chi connectivity index (χ0n) is 12.3. The summed E-state index contributed by atoms with van der Waals surface area (Å²) in [5.74, 6) is -0.359. The predicted octanol–water partition coefficient (Wildman–Crippen LogP) is 0.800. The van der Waals surface area contributed by atoms with E-state index in [0.29, 0.717) is 25.3 Å². The molecular weight excluding hydrogens is 246 g/mol. The third-order valence-corrected chi connectivity index (χ3v) is 2.63. The Labute approximate surface area is 114 Å². The first-order valence-electron chi connectivity index (χ1n) is 6.33. The van der Waals surface area contributed by atoms with Gasteiger partial charge in [0, 0.05) is 20.1 Å². The summed E-state index contributed by atoms with van der Waals surface area (Å²) in [6.45, 7) is 6.63. The number of esters is 1. The number of aromatic nitrogens is 2. The number of carbonyl (C=O) groups is 1. The predicted molar refractivity (Wildman–Crippen MR) is 71.8 cm³/mol. The quantitative estimate of drug-likeness (QED) is 0.774. The van der Waals surface area contributed by atoms with E-state index in [1.807, 2.05) is 11.9 Å². The van der Waals surface area contributed by atoms with Crippen molar-refractivity contribution in [2.45, 2.75) is 32.9 Å². The Morgan fingerprint density at radius 1 is 1.58 bits per heavy atom. The zero-order valence-corrected chi connectivity index (χ0v) is 12.3. The molecule has 19 heavy (non-hydrogen) atoms. The molecule has 0 fully saturated rings. The van der Waals surface area contributed by atoms with Gasteiger partial charge in [-0.15, -0.1) is 0 Å². The van der Waals surface area contributed by atoms with Crippen LogP contribution in [0.2, 0.25) is 0 Å². The van der Waals surface area contributed by atoms with Crippen molar-refractivity contribution in [2.75, 3.05) is 20.2 Å². The van der Waals surface area contributed by atoms with Gasteiger partial charge in [-0.3, -0.25) is 9.58 Å². The van der Waals surface area contributed by atoms with Crippen molar-refractivity contribution in [1.82, 2.24) is 14.7 Å². The van der Waals surface area contributed by atoms with Gasteiger partial charge in [-0.1, -0.05) is 0 Å². The molecule has 0 aromatic carbocycles. The fourth-order valence-electron chi connectivity index (χ4n) is 2.00. The summed E-state index contributed by atoms with van der Waals surface area (Å²) in [7, 11) is 3.68. The normalized spacial score (nSPS) is 11.9. The van der Waals surface area contributed by atoms with E-state index in [0.717, 1.165) is 5.69 Å². The topological polar surface area (TPSA) is 67.6 Å². The Balaban J connectivity index is 2.83. The van der Waals surface area contributed by atoms with Gasteiger partial charge in [-0.05, 0) is 27.8 Å². The highest BCUT2D eigenvalue weighted by Gasteiger charge is 2.21. The minimum Gasteiger partial charge on any atom is -0.462 e. The summed E-state index contributed by atoms with van der Waals surface area (Å²) in [6.07, 6.45) is 1.52. The Bertz CT molecular complexity index is 435. The van der Waals surface area contributed by atoms with Gasteiger partial charge in [0.25, 0.3) is 0 Å². The number of nitrogens with zero attached hydrogens (tertiary/aromatic N) is 3. The van der Waals surface area contributed by atoms with E-state index < -0.39 is 5.60 Å². The summed E-state index contributed by atoms with van der Waals surface area (Å²) in [5.41, 5.74) is 0.481. The van der Waals surface area contributed by atoms with Crippen LogP contribution in [-0.4, -0.2) is 51.6 Å². The molecule has 108 valence electrons. The van der Waals surface area contributed by atoms with Crippen molar-refractivity contribution in [3.05, 3.63) is 17.5 Å². The zero-order chi connectivity index (χ0) is 14.6. The molecule has 0 amide bonds. The van der Waals surface area contributed by atoms with E-state index in [9.17, 15) is 9.90 Å². The van der Waals surface area contributed by atoms with Crippen LogP contribution in [0.4, 0.5) is 0 Å². The molecule has 0 saturated heterocycles. The molecule has 1 aromatic rings. The first-order valence-corrected chi connectivity index (χ1v) is 6.33. The lowest BCUT2D eigenvalue weighted by atomic mass is 10.1. The number of carbonyl (C=O) groups excluding carboxylic acids is 1. The van der Waals surface area contributed by atoms with Crippen LogP contribution in [0.15, 0.2) is 6.20 Å². The molecule has 0 saturated carbocycles. The van der Waals surface area contributed by atoms with Crippen LogP contribution >= 0.6 is 0 Å². The molecule has 6 nitrogen and oxygen atoms in total. The standard InChI is InChI=1S/C13H23N3O3/c1-6-19-12(17)10-7-14-16(5)11(10)8-15(4)9-13(2,3)18/h7,18H,6,8-9H2,1-5H3. The van der Waals surface area contributed by atoms with E-state index in [4.69, 9.17) is 4.74 Å². The van der Waals surface area contributed by atoms with Gasteiger partial charge in [0.2, 0.25) is 0 Å². The fraction of sp³-hybridized carbons (Fsp3) is 0.692. The first kappa shape index (κ1) is 15.7. The lowest BCUT2D eigenvalue weighted by molar-refractivity contribution is 0.0414. The van der Waals surface area contributed by atoms with Crippen LogP contribution in [-0.2, 0) is 18.3 Å². The lowest BCUT2D eigenvalue weighted by Crippen LogP contribution is -2.36. The van der Waals surface area contributed by atoms with Crippen molar-refractivity contribution >= 4 is 5.97 Å². The van der Waals surface area contributed by atoms with Crippen LogP contribution in [0.1, 0.15) is 36.8 Å². The van der Waals surface area contributed by atoms with Gasteiger partial charge in [0.15, 0.2) is 0 Å². The molecule has 1 aromatic heterocycles. The lowest BCUT2D eigenvalue weighted by Gasteiger charge is -2.25. The van der Waals surface area contributed by atoms with Gasteiger partial charge in [0.05, 0.1) is 24.1 Å². The fourth-order valence-corrected chi connectivity index (χ4v) is 2.00. The minimum atomic E-state index is -0.780. The van der Waals surface area contributed by atoms with Crippen LogP contribution in [0.3, 0.4) is 0 Å². The van der Waals surface area contributed by atoms with Crippen LogP contribution < -0.4 is 0 Å². The molecule has 0 aliphatic rings. The largest absolute Gasteiger partial charge is 0.462 e. The van der Waals surface area contributed by atoms with Gasteiger partial charge in [-0.25, -0.2) is 4.79 Å². The summed E-state index contributed by atoms with van der Waals surface area (Å²) >= 11 is 0. The molecule has 1 heterocycles. The van der Waals surface area contributed by atoms with Gasteiger partial charge in [0.1, 0.15) is 5.56 Å². The summed E-state index contributed by atoms with van der Waals surface area (Å²) < 4.78 is 6.66.